The van der Waals surface area contributed by atoms with Crippen LogP contribution >= 0.6 is 0 Å². The first-order valence-electron chi connectivity index (χ1n) is 8.15. The van der Waals surface area contributed by atoms with Gasteiger partial charge in [-0.05, 0) is 51.0 Å². The maximum Gasteiger partial charge on any atom is 0.251 e. The molecule has 0 bridgehead atoms. The molecule has 3 aromatic rings. The fourth-order valence-corrected chi connectivity index (χ4v) is 2.87. The number of amides is 1. The first-order valence-corrected chi connectivity index (χ1v) is 8.15. The number of aryl methyl sites for hydroxylation is 3. The van der Waals surface area contributed by atoms with Crippen molar-refractivity contribution in [2.75, 3.05) is 5.32 Å². The highest BCUT2D eigenvalue weighted by molar-refractivity contribution is 6.03. The number of hydrogen-bond acceptors (Lipinski definition) is 4. The number of nitriles is 1. The number of carbonyl (C=O) groups excluding carboxylic acids is 1. The van der Waals surface area contributed by atoms with Crippen LogP contribution in [0.15, 0.2) is 36.5 Å². The van der Waals surface area contributed by atoms with Crippen LogP contribution in [-0.4, -0.2) is 20.7 Å². The molecule has 6 nitrogen and oxygen atoms in total. The first kappa shape index (κ1) is 17.4. The van der Waals surface area contributed by atoms with Gasteiger partial charge in [-0.3, -0.25) is 4.79 Å². The van der Waals surface area contributed by atoms with Gasteiger partial charge in [0.2, 0.25) is 0 Å². The highest BCUT2D eigenvalue weighted by Crippen LogP contribution is 2.26. The van der Waals surface area contributed by atoms with Crippen LogP contribution in [0.3, 0.4) is 0 Å². The summed E-state index contributed by atoms with van der Waals surface area (Å²) in [6, 6.07) is 8.11. The molecule has 0 unspecified atom stereocenters. The van der Waals surface area contributed by atoms with Crippen molar-refractivity contribution in [3.05, 3.63) is 58.8 Å². The van der Waals surface area contributed by atoms with E-state index in [4.69, 9.17) is 4.98 Å². The number of nitrogens with zero attached hydrogens (tertiary/aromatic N) is 4. The Labute approximate surface area is 151 Å². The Balaban J connectivity index is 2.21. The predicted molar refractivity (Wildman–Crippen MR) is 101 cm³/mol. The molecule has 1 aromatic carbocycles. The third kappa shape index (κ3) is 2.95. The van der Waals surface area contributed by atoms with Gasteiger partial charge in [0.15, 0.2) is 11.6 Å². The van der Waals surface area contributed by atoms with E-state index in [0.717, 1.165) is 22.0 Å². The number of aromatic nitrogens is 3. The van der Waals surface area contributed by atoms with E-state index in [1.165, 1.54) is 16.4 Å². The van der Waals surface area contributed by atoms with Gasteiger partial charge < -0.3 is 5.32 Å². The van der Waals surface area contributed by atoms with Crippen LogP contribution in [0.25, 0.3) is 16.7 Å². The molecule has 0 saturated carbocycles. The largest absolute Gasteiger partial charge is 0.306 e. The minimum Gasteiger partial charge on any atom is -0.306 e. The molecule has 130 valence electrons. The summed E-state index contributed by atoms with van der Waals surface area (Å²) in [4.78, 5) is 16.8. The normalized spacial score (nSPS) is 10.6. The quantitative estimate of drug-likeness (QED) is 0.733. The summed E-state index contributed by atoms with van der Waals surface area (Å²) in [6.07, 6.45) is 1.41. The van der Waals surface area contributed by atoms with Gasteiger partial charge >= 0.3 is 0 Å². The van der Waals surface area contributed by atoms with E-state index < -0.39 is 0 Å². The fourth-order valence-electron chi connectivity index (χ4n) is 2.87. The van der Waals surface area contributed by atoms with Crippen molar-refractivity contribution in [3.63, 3.8) is 0 Å². The van der Waals surface area contributed by atoms with Crippen molar-refractivity contribution >= 4 is 22.6 Å². The number of anilines is 1. The lowest BCUT2D eigenvalue weighted by molar-refractivity contribution is -0.112. The molecule has 0 atom stereocenters. The van der Waals surface area contributed by atoms with E-state index >= 15 is 0 Å². The third-order valence-corrected chi connectivity index (χ3v) is 4.17. The Morgan fingerprint density at radius 1 is 1.23 bits per heavy atom. The molecule has 1 N–H and O–H groups in total. The number of pyridine rings is 1. The van der Waals surface area contributed by atoms with E-state index in [1.54, 1.807) is 6.92 Å². The molecule has 26 heavy (non-hydrogen) atoms. The zero-order chi connectivity index (χ0) is 19.0. The number of fused-ring (bicyclic) bond motifs is 1. The van der Waals surface area contributed by atoms with Gasteiger partial charge in [-0.1, -0.05) is 18.2 Å². The first-order chi connectivity index (χ1) is 12.3. The van der Waals surface area contributed by atoms with Crippen molar-refractivity contribution < 1.29 is 4.79 Å². The third-order valence-electron chi connectivity index (χ3n) is 4.17. The van der Waals surface area contributed by atoms with Gasteiger partial charge in [-0.2, -0.15) is 15.0 Å². The lowest BCUT2D eigenvalue weighted by Crippen LogP contribution is -2.16. The van der Waals surface area contributed by atoms with Crippen molar-refractivity contribution in [3.8, 4) is 11.9 Å². The average molecular weight is 345 g/mol. The molecule has 0 aliphatic carbocycles. The summed E-state index contributed by atoms with van der Waals surface area (Å²) < 4.78 is 1.48. The monoisotopic (exact) mass is 345 g/mol. The molecule has 0 saturated heterocycles. The topological polar surface area (TPSA) is 83.6 Å². The standard InChI is InChI=1S/C20H19N5O/c1-11(2)20(26)24-19-15(9-21)10-22-25(19)17-8-13(4)16-7-12(3)6-14(5)18(16)23-17/h6-8,10H,1H2,2-5H3,(H,24,26). The summed E-state index contributed by atoms with van der Waals surface area (Å²) in [6.45, 7) is 11.3. The Kier molecular flexibility index (Phi) is 4.31. The summed E-state index contributed by atoms with van der Waals surface area (Å²) in [5.74, 6) is 0.463. The van der Waals surface area contributed by atoms with E-state index in [2.05, 4.69) is 36.1 Å². The maximum absolute atomic E-state index is 12.1. The predicted octanol–water partition coefficient (Wildman–Crippen LogP) is 3.73. The van der Waals surface area contributed by atoms with Crippen LogP contribution in [-0.2, 0) is 4.79 Å². The molecule has 3 rings (SSSR count). The molecule has 2 aromatic heterocycles. The Bertz CT molecular complexity index is 1100. The molecule has 0 spiro atoms. The van der Waals surface area contributed by atoms with Crippen LogP contribution in [0.2, 0.25) is 0 Å². The Morgan fingerprint density at radius 2 is 1.96 bits per heavy atom. The molecule has 6 heteroatoms. The number of nitrogens with one attached hydrogen (secondary N) is 1. The molecule has 0 aliphatic heterocycles. The van der Waals surface area contributed by atoms with Crippen molar-refractivity contribution in [2.24, 2.45) is 0 Å². The van der Waals surface area contributed by atoms with Crippen LogP contribution in [0.5, 0.6) is 0 Å². The van der Waals surface area contributed by atoms with Crippen LogP contribution in [0.1, 0.15) is 29.2 Å². The van der Waals surface area contributed by atoms with Gasteiger partial charge in [-0.25, -0.2) is 4.98 Å². The summed E-state index contributed by atoms with van der Waals surface area (Å²) in [5.41, 5.74) is 4.76. The Hall–Kier alpha value is -3.46. The highest BCUT2D eigenvalue weighted by Gasteiger charge is 2.17. The number of carbonyl (C=O) groups is 1. The minimum atomic E-state index is -0.368. The molecule has 2 heterocycles. The second kappa shape index (κ2) is 6.45. The van der Waals surface area contributed by atoms with Gasteiger partial charge in [0.1, 0.15) is 11.6 Å². The fraction of sp³-hybridized carbons (Fsp3) is 0.200. The molecule has 0 fully saturated rings. The molecular weight excluding hydrogens is 326 g/mol. The van der Waals surface area contributed by atoms with Crippen LogP contribution in [0, 0.1) is 32.1 Å². The van der Waals surface area contributed by atoms with Crippen molar-refractivity contribution in [2.45, 2.75) is 27.7 Å². The summed E-state index contributed by atoms with van der Waals surface area (Å²) in [7, 11) is 0. The summed E-state index contributed by atoms with van der Waals surface area (Å²) >= 11 is 0. The van der Waals surface area contributed by atoms with Crippen LogP contribution < -0.4 is 5.32 Å². The number of rotatable bonds is 3. The van der Waals surface area contributed by atoms with E-state index in [0.29, 0.717) is 11.4 Å². The zero-order valence-electron chi connectivity index (χ0n) is 15.2. The maximum atomic E-state index is 12.1. The second-order valence-electron chi connectivity index (χ2n) is 6.44. The SMILES string of the molecule is C=C(C)C(=O)Nc1c(C#N)cnn1-c1cc(C)c2cc(C)cc(C)c2n1. The molecule has 0 radical (unpaired) electrons. The lowest BCUT2D eigenvalue weighted by atomic mass is 10.0. The minimum absolute atomic E-state index is 0.264. The summed E-state index contributed by atoms with van der Waals surface area (Å²) in [5, 5.41) is 17.4. The Morgan fingerprint density at radius 3 is 2.62 bits per heavy atom. The highest BCUT2D eigenvalue weighted by atomic mass is 16.1. The smallest absolute Gasteiger partial charge is 0.251 e. The van der Waals surface area contributed by atoms with Crippen LogP contribution in [0.4, 0.5) is 5.82 Å². The van der Waals surface area contributed by atoms with Crippen molar-refractivity contribution in [1.29, 1.82) is 5.26 Å². The molecular formula is C20H19N5O. The number of benzene rings is 1. The number of hydrogen-bond donors (Lipinski definition) is 1. The van der Waals surface area contributed by atoms with Gasteiger partial charge in [0.05, 0.1) is 11.7 Å². The molecule has 0 aliphatic rings. The zero-order valence-corrected chi connectivity index (χ0v) is 15.2. The lowest BCUT2D eigenvalue weighted by Gasteiger charge is -2.12. The van der Waals surface area contributed by atoms with Gasteiger partial charge in [0, 0.05) is 11.0 Å². The van der Waals surface area contributed by atoms with E-state index in [9.17, 15) is 10.1 Å². The average Bonchev–Trinajstić information content (AvgIpc) is 2.98. The second-order valence-corrected chi connectivity index (χ2v) is 6.44. The van der Waals surface area contributed by atoms with E-state index in [1.807, 2.05) is 26.0 Å². The van der Waals surface area contributed by atoms with Gasteiger partial charge in [-0.15, -0.1) is 0 Å². The van der Waals surface area contributed by atoms with Crippen molar-refractivity contribution in [1.82, 2.24) is 14.8 Å². The van der Waals surface area contributed by atoms with E-state index in [-0.39, 0.29) is 17.3 Å². The molecule has 1 amide bonds. The van der Waals surface area contributed by atoms with Gasteiger partial charge in [0.25, 0.3) is 5.91 Å².